The van der Waals surface area contributed by atoms with Crippen molar-refractivity contribution in [3.63, 3.8) is 0 Å². The third-order valence-corrected chi connectivity index (χ3v) is 3.55. The van der Waals surface area contributed by atoms with Crippen LogP contribution in [0.3, 0.4) is 0 Å². The molecule has 0 unspecified atom stereocenters. The van der Waals surface area contributed by atoms with E-state index < -0.39 is 6.03 Å². The summed E-state index contributed by atoms with van der Waals surface area (Å²) in [6.45, 7) is 0. The molecule has 0 saturated heterocycles. The maximum absolute atomic E-state index is 12.3. The Hall–Kier alpha value is -2.74. The van der Waals surface area contributed by atoms with Crippen LogP contribution in [0.2, 0.25) is 5.02 Å². The lowest BCUT2D eigenvalue weighted by Crippen LogP contribution is -2.23. The molecule has 0 aliphatic carbocycles. The molecule has 1 aromatic heterocycles. The number of amides is 2. The van der Waals surface area contributed by atoms with Crippen LogP contribution in [0, 0.1) is 0 Å². The van der Waals surface area contributed by atoms with Crippen LogP contribution >= 0.6 is 11.6 Å². The number of carbonyl (C=O) groups excluding carboxylic acids is 1. The van der Waals surface area contributed by atoms with E-state index in [-0.39, 0.29) is 0 Å². The van der Waals surface area contributed by atoms with Gasteiger partial charge in [0.05, 0.1) is 18.3 Å². The Morgan fingerprint density at radius 1 is 1.16 bits per heavy atom. The lowest BCUT2D eigenvalue weighted by atomic mass is 10.3. The summed E-state index contributed by atoms with van der Waals surface area (Å²) < 4.78 is 5.14. The summed E-state index contributed by atoms with van der Waals surface area (Å²) in [5, 5.41) is 5.94. The van der Waals surface area contributed by atoms with Gasteiger partial charge in [-0.15, -0.1) is 0 Å². The quantitative estimate of drug-likeness (QED) is 0.848. The zero-order valence-corrected chi connectivity index (χ0v) is 15.5. The first-order valence-electron chi connectivity index (χ1n) is 7.45. The third-order valence-electron chi connectivity index (χ3n) is 3.24. The number of halogens is 1. The number of anilines is 4. The van der Waals surface area contributed by atoms with E-state index in [2.05, 4.69) is 20.6 Å². The number of ether oxygens (including phenoxy) is 1. The molecule has 25 heavy (non-hydrogen) atoms. The van der Waals surface area contributed by atoms with Crippen molar-refractivity contribution in [3.8, 4) is 5.75 Å². The fourth-order valence-corrected chi connectivity index (χ4v) is 2.23. The van der Waals surface area contributed by atoms with Crippen molar-refractivity contribution in [2.75, 3.05) is 55.7 Å². The lowest BCUT2D eigenvalue weighted by molar-refractivity contribution is 0.262. The molecule has 9 heteroatoms. The van der Waals surface area contributed by atoms with Crippen molar-refractivity contribution in [2.45, 2.75) is 0 Å². The largest absolute Gasteiger partial charge is 0.495 e. The monoisotopic (exact) mass is 364 g/mol. The molecule has 8 nitrogen and oxygen atoms in total. The zero-order chi connectivity index (χ0) is 18.6. The summed E-state index contributed by atoms with van der Waals surface area (Å²) >= 11 is 5.98. The molecule has 2 N–H and O–H groups in total. The smallest absolute Gasteiger partial charge is 0.323 e. The number of hydrogen-bond acceptors (Lipinski definition) is 6. The number of carbonyl (C=O) groups is 1. The Morgan fingerprint density at radius 3 is 2.48 bits per heavy atom. The molecule has 0 radical (unpaired) electrons. The Morgan fingerprint density at radius 2 is 1.88 bits per heavy atom. The first kappa shape index (κ1) is 18.6. The van der Waals surface area contributed by atoms with Crippen LogP contribution in [0.25, 0.3) is 0 Å². The second-order valence-electron chi connectivity index (χ2n) is 5.62. The standard InChI is InChI=1S/C16H21ClN6O2/c1-22(2)14-12(9-18-15(21-14)23(3)4)20-16(24)19-10-6-7-11(17)13(8-10)25-5/h6-9H,1-5H3,(H2,19,20,24). The number of urea groups is 1. The molecule has 0 aliphatic heterocycles. The zero-order valence-electron chi connectivity index (χ0n) is 14.8. The minimum Gasteiger partial charge on any atom is -0.495 e. The number of nitrogens with one attached hydrogen (secondary N) is 2. The van der Waals surface area contributed by atoms with Crippen molar-refractivity contribution in [1.82, 2.24) is 9.97 Å². The molecule has 0 bridgehead atoms. The molecule has 0 atom stereocenters. The van der Waals surface area contributed by atoms with E-state index in [0.29, 0.717) is 33.9 Å². The van der Waals surface area contributed by atoms with E-state index in [1.807, 2.05) is 28.2 Å². The number of rotatable bonds is 5. The van der Waals surface area contributed by atoms with Gasteiger partial charge < -0.3 is 25.2 Å². The summed E-state index contributed by atoms with van der Waals surface area (Å²) in [4.78, 5) is 24.5. The van der Waals surface area contributed by atoms with E-state index >= 15 is 0 Å². The van der Waals surface area contributed by atoms with E-state index in [1.165, 1.54) is 7.11 Å². The summed E-state index contributed by atoms with van der Waals surface area (Å²) in [5.74, 6) is 1.63. The molecule has 0 fully saturated rings. The molecular weight excluding hydrogens is 344 g/mol. The molecule has 2 amide bonds. The summed E-state index contributed by atoms with van der Waals surface area (Å²) in [7, 11) is 8.90. The van der Waals surface area contributed by atoms with Crippen LogP contribution in [0.4, 0.5) is 27.9 Å². The van der Waals surface area contributed by atoms with Crippen molar-refractivity contribution in [2.24, 2.45) is 0 Å². The van der Waals surface area contributed by atoms with Crippen molar-refractivity contribution in [1.29, 1.82) is 0 Å². The van der Waals surface area contributed by atoms with Crippen LogP contribution < -0.4 is 25.2 Å². The van der Waals surface area contributed by atoms with E-state index in [9.17, 15) is 4.79 Å². The van der Waals surface area contributed by atoms with Crippen LogP contribution in [0.5, 0.6) is 5.75 Å². The minimum atomic E-state index is -0.423. The highest BCUT2D eigenvalue weighted by atomic mass is 35.5. The molecule has 0 spiro atoms. The average Bonchev–Trinajstić information content (AvgIpc) is 2.56. The number of aromatic nitrogens is 2. The normalized spacial score (nSPS) is 10.2. The van der Waals surface area contributed by atoms with Gasteiger partial charge in [-0.1, -0.05) is 11.6 Å². The number of methoxy groups -OCH3 is 1. The highest BCUT2D eigenvalue weighted by Gasteiger charge is 2.13. The second-order valence-corrected chi connectivity index (χ2v) is 6.03. The van der Waals surface area contributed by atoms with Crippen molar-refractivity contribution < 1.29 is 9.53 Å². The second kappa shape index (κ2) is 7.89. The van der Waals surface area contributed by atoms with Crippen molar-refractivity contribution in [3.05, 3.63) is 29.4 Å². The number of benzene rings is 1. The highest BCUT2D eigenvalue weighted by molar-refractivity contribution is 6.32. The Labute approximate surface area is 151 Å². The van der Waals surface area contributed by atoms with Gasteiger partial charge in [0.2, 0.25) is 5.95 Å². The molecule has 2 rings (SSSR count). The SMILES string of the molecule is COc1cc(NC(=O)Nc2cnc(N(C)C)nc2N(C)C)ccc1Cl. The molecular formula is C16H21ClN6O2. The Balaban J connectivity index is 2.17. The highest BCUT2D eigenvalue weighted by Crippen LogP contribution is 2.28. The van der Waals surface area contributed by atoms with Gasteiger partial charge in [0.15, 0.2) is 5.82 Å². The van der Waals surface area contributed by atoms with Crippen molar-refractivity contribution >= 4 is 40.8 Å². The van der Waals surface area contributed by atoms with Crippen LogP contribution in [-0.4, -0.2) is 51.3 Å². The van der Waals surface area contributed by atoms with Gasteiger partial charge in [-0.2, -0.15) is 4.98 Å². The molecule has 0 aliphatic rings. The maximum atomic E-state index is 12.3. The minimum absolute atomic E-state index is 0.423. The van der Waals surface area contributed by atoms with Gasteiger partial charge in [0, 0.05) is 39.9 Å². The third kappa shape index (κ3) is 4.63. The lowest BCUT2D eigenvalue weighted by Gasteiger charge is -2.19. The van der Waals surface area contributed by atoms with E-state index in [1.54, 1.807) is 34.2 Å². The summed E-state index contributed by atoms with van der Waals surface area (Å²) in [5.41, 5.74) is 1.05. The molecule has 1 aromatic carbocycles. The van der Waals surface area contributed by atoms with Gasteiger partial charge in [0.25, 0.3) is 0 Å². The molecule has 1 heterocycles. The van der Waals surface area contributed by atoms with Gasteiger partial charge in [-0.3, -0.25) is 0 Å². The predicted octanol–water partition coefficient (Wildman–Crippen LogP) is 2.91. The topological polar surface area (TPSA) is 82.6 Å². The average molecular weight is 365 g/mol. The van der Waals surface area contributed by atoms with Gasteiger partial charge >= 0.3 is 6.03 Å². The Kier molecular flexibility index (Phi) is 5.87. The van der Waals surface area contributed by atoms with Crippen LogP contribution in [-0.2, 0) is 0 Å². The molecule has 134 valence electrons. The number of hydrogen-bond donors (Lipinski definition) is 2. The fraction of sp³-hybridized carbons (Fsp3) is 0.312. The van der Waals surface area contributed by atoms with Gasteiger partial charge in [-0.05, 0) is 12.1 Å². The van der Waals surface area contributed by atoms with E-state index in [0.717, 1.165) is 0 Å². The predicted molar refractivity (Wildman–Crippen MR) is 101 cm³/mol. The fourth-order valence-electron chi connectivity index (χ4n) is 2.03. The van der Waals surface area contributed by atoms with E-state index in [4.69, 9.17) is 16.3 Å². The van der Waals surface area contributed by atoms with Crippen LogP contribution in [0.15, 0.2) is 24.4 Å². The Bertz CT molecular complexity index is 766. The maximum Gasteiger partial charge on any atom is 0.323 e. The summed E-state index contributed by atoms with van der Waals surface area (Å²) in [6, 6.07) is 4.55. The molecule has 0 saturated carbocycles. The van der Waals surface area contributed by atoms with Gasteiger partial charge in [-0.25, -0.2) is 9.78 Å². The first-order valence-corrected chi connectivity index (χ1v) is 7.83. The molecule has 2 aromatic rings. The van der Waals surface area contributed by atoms with Gasteiger partial charge in [0.1, 0.15) is 11.4 Å². The first-order chi connectivity index (χ1) is 11.8. The summed E-state index contributed by atoms with van der Waals surface area (Å²) in [6.07, 6.45) is 1.57. The number of nitrogens with zero attached hydrogens (tertiary/aromatic N) is 4. The van der Waals surface area contributed by atoms with Crippen LogP contribution in [0.1, 0.15) is 0 Å².